The molecule has 0 saturated heterocycles. The molecule has 3 nitrogen and oxygen atoms in total. The lowest BCUT2D eigenvalue weighted by Crippen LogP contribution is -2.19. The van der Waals surface area contributed by atoms with Crippen LogP contribution in [0.5, 0.6) is 0 Å². The summed E-state index contributed by atoms with van der Waals surface area (Å²) in [7, 11) is 0. The molecule has 22 heavy (non-hydrogen) atoms. The molecule has 0 atom stereocenters. The predicted octanol–water partition coefficient (Wildman–Crippen LogP) is 4.25. The van der Waals surface area contributed by atoms with E-state index in [1.807, 2.05) is 12.1 Å². The highest BCUT2D eigenvalue weighted by atomic mass is 32.1. The SMILES string of the molecule is CCc1cc(C(=O)Nc2ccc3c(c2)N(CC)CC3)sc1C. The van der Waals surface area contributed by atoms with E-state index in [1.54, 1.807) is 11.3 Å². The molecule has 0 unspecified atom stereocenters. The Labute approximate surface area is 136 Å². The van der Waals surface area contributed by atoms with Gasteiger partial charge in [-0.2, -0.15) is 0 Å². The molecule has 0 radical (unpaired) electrons. The number of likely N-dealkylation sites (N-methyl/N-ethyl adjacent to an activating group) is 1. The number of anilines is 2. The Morgan fingerprint density at radius 2 is 2.14 bits per heavy atom. The van der Waals surface area contributed by atoms with Gasteiger partial charge in [0.2, 0.25) is 0 Å². The summed E-state index contributed by atoms with van der Waals surface area (Å²) in [4.78, 5) is 16.8. The maximum Gasteiger partial charge on any atom is 0.265 e. The molecule has 2 heterocycles. The van der Waals surface area contributed by atoms with E-state index in [0.29, 0.717) is 0 Å². The van der Waals surface area contributed by atoms with Gasteiger partial charge in [-0.1, -0.05) is 13.0 Å². The van der Waals surface area contributed by atoms with E-state index in [9.17, 15) is 4.79 Å². The van der Waals surface area contributed by atoms with E-state index in [4.69, 9.17) is 0 Å². The van der Waals surface area contributed by atoms with Crippen LogP contribution in [-0.4, -0.2) is 19.0 Å². The minimum Gasteiger partial charge on any atom is -0.371 e. The zero-order valence-corrected chi connectivity index (χ0v) is 14.2. The van der Waals surface area contributed by atoms with Gasteiger partial charge in [-0.25, -0.2) is 0 Å². The molecule has 3 rings (SSSR count). The van der Waals surface area contributed by atoms with Gasteiger partial charge in [0.1, 0.15) is 0 Å². The summed E-state index contributed by atoms with van der Waals surface area (Å²) >= 11 is 1.57. The van der Waals surface area contributed by atoms with Crippen LogP contribution in [0.4, 0.5) is 11.4 Å². The molecule has 0 saturated carbocycles. The number of rotatable bonds is 4. The van der Waals surface area contributed by atoms with Gasteiger partial charge in [-0.15, -0.1) is 11.3 Å². The fourth-order valence-corrected chi connectivity index (χ4v) is 4.04. The Morgan fingerprint density at radius 1 is 1.32 bits per heavy atom. The lowest BCUT2D eigenvalue weighted by atomic mass is 10.1. The monoisotopic (exact) mass is 314 g/mol. The van der Waals surface area contributed by atoms with E-state index in [1.165, 1.54) is 21.7 Å². The maximum absolute atomic E-state index is 12.4. The summed E-state index contributed by atoms with van der Waals surface area (Å²) in [5.74, 6) is -0.00574. The van der Waals surface area contributed by atoms with Crippen molar-refractivity contribution in [3.63, 3.8) is 0 Å². The predicted molar refractivity (Wildman–Crippen MR) is 94.4 cm³/mol. The van der Waals surface area contributed by atoms with Crippen LogP contribution in [-0.2, 0) is 12.8 Å². The lowest BCUT2D eigenvalue weighted by molar-refractivity contribution is 0.103. The number of carbonyl (C=O) groups excluding carboxylic acids is 1. The number of hydrogen-bond acceptors (Lipinski definition) is 3. The van der Waals surface area contributed by atoms with Gasteiger partial charge in [-0.05, 0) is 56.0 Å². The van der Waals surface area contributed by atoms with Crippen LogP contribution in [0.15, 0.2) is 24.3 Å². The van der Waals surface area contributed by atoms with Crippen molar-refractivity contribution in [1.82, 2.24) is 0 Å². The van der Waals surface area contributed by atoms with Crippen molar-refractivity contribution in [1.29, 1.82) is 0 Å². The number of hydrogen-bond donors (Lipinski definition) is 1. The Hall–Kier alpha value is -1.81. The number of thiophene rings is 1. The first-order chi connectivity index (χ1) is 10.6. The summed E-state index contributed by atoms with van der Waals surface area (Å²) in [6.07, 6.45) is 2.07. The van der Waals surface area contributed by atoms with Gasteiger partial charge in [0, 0.05) is 29.3 Å². The van der Waals surface area contributed by atoms with E-state index in [-0.39, 0.29) is 5.91 Å². The van der Waals surface area contributed by atoms with Crippen LogP contribution >= 0.6 is 11.3 Å². The molecule has 0 fully saturated rings. The van der Waals surface area contributed by atoms with E-state index < -0.39 is 0 Å². The molecule has 0 bridgehead atoms. The van der Waals surface area contributed by atoms with Gasteiger partial charge in [0.25, 0.3) is 5.91 Å². The minimum atomic E-state index is -0.00574. The van der Waals surface area contributed by atoms with Gasteiger partial charge < -0.3 is 10.2 Å². The minimum absolute atomic E-state index is 0.00574. The number of amides is 1. The van der Waals surface area contributed by atoms with Crippen LogP contribution in [0, 0.1) is 6.92 Å². The Bertz CT molecular complexity index is 705. The van der Waals surface area contributed by atoms with Crippen molar-refractivity contribution >= 4 is 28.6 Å². The number of benzene rings is 1. The molecule has 1 amide bonds. The molecule has 1 aromatic carbocycles. The molecule has 1 N–H and O–H groups in total. The number of carbonyl (C=O) groups is 1. The average molecular weight is 314 g/mol. The van der Waals surface area contributed by atoms with Crippen LogP contribution in [0.3, 0.4) is 0 Å². The standard InChI is InChI=1S/C18H22N2OS/c1-4-13-10-17(22-12(13)3)18(21)19-15-7-6-14-8-9-20(5-2)16(14)11-15/h6-7,10-11H,4-5,8-9H2,1-3H3,(H,19,21). The van der Waals surface area contributed by atoms with Crippen molar-refractivity contribution < 1.29 is 4.79 Å². The van der Waals surface area contributed by atoms with Gasteiger partial charge >= 0.3 is 0 Å². The number of nitrogens with one attached hydrogen (secondary N) is 1. The Balaban J connectivity index is 1.79. The highest BCUT2D eigenvalue weighted by Gasteiger charge is 2.18. The van der Waals surface area contributed by atoms with Gasteiger partial charge in [-0.3, -0.25) is 4.79 Å². The molecule has 1 aromatic heterocycles. The second kappa shape index (κ2) is 6.13. The van der Waals surface area contributed by atoms with Crippen LogP contribution in [0.1, 0.15) is 39.5 Å². The lowest BCUT2D eigenvalue weighted by Gasteiger charge is -2.17. The smallest absolute Gasteiger partial charge is 0.265 e. The summed E-state index contributed by atoms with van der Waals surface area (Å²) in [5, 5.41) is 3.04. The third-order valence-corrected chi connectivity index (χ3v) is 5.43. The second-order valence-electron chi connectivity index (χ2n) is 5.67. The quantitative estimate of drug-likeness (QED) is 0.915. The first-order valence-corrected chi connectivity index (χ1v) is 8.72. The number of fused-ring (bicyclic) bond motifs is 1. The fraction of sp³-hybridized carbons (Fsp3) is 0.389. The topological polar surface area (TPSA) is 32.3 Å². The van der Waals surface area contributed by atoms with E-state index in [2.05, 4.69) is 43.1 Å². The van der Waals surface area contributed by atoms with Crippen molar-refractivity contribution in [3.8, 4) is 0 Å². The number of nitrogens with zero attached hydrogens (tertiary/aromatic N) is 1. The summed E-state index contributed by atoms with van der Waals surface area (Å²) in [6, 6.07) is 8.26. The van der Waals surface area contributed by atoms with Gasteiger partial charge in [0.05, 0.1) is 4.88 Å². The Kier molecular flexibility index (Phi) is 4.21. The molecular weight excluding hydrogens is 292 g/mol. The highest BCUT2D eigenvalue weighted by molar-refractivity contribution is 7.14. The first-order valence-electron chi connectivity index (χ1n) is 7.91. The van der Waals surface area contributed by atoms with Gasteiger partial charge in [0.15, 0.2) is 0 Å². The highest BCUT2D eigenvalue weighted by Crippen LogP contribution is 2.31. The average Bonchev–Trinajstić information content (AvgIpc) is 3.09. The van der Waals surface area contributed by atoms with Crippen molar-refractivity contribution in [2.75, 3.05) is 23.3 Å². The Morgan fingerprint density at radius 3 is 2.82 bits per heavy atom. The normalized spacial score (nSPS) is 13.3. The second-order valence-corrected chi connectivity index (χ2v) is 6.93. The van der Waals surface area contributed by atoms with Crippen molar-refractivity contribution in [3.05, 3.63) is 45.1 Å². The number of aryl methyl sites for hydroxylation is 2. The third kappa shape index (κ3) is 2.75. The molecule has 116 valence electrons. The largest absolute Gasteiger partial charge is 0.371 e. The fourth-order valence-electron chi connectivity index (χ4n) is 3.03. The molecule has 0 aliphatic carbocycles. The van der Waals surface area contributed by atoms with Crippen LogP contribution in [0.2, 0.25) is 0 Å². The summed E-state index contributed by atoms with van der Waals surface area (Å²) < 4.78 is 0. The summed E-state index contributed by atoms with van der Waals surface area (Å²) in [5.41, 5.74) is 4.78. The molecule has 0 spiro atoms. The summed E-state index contributed by atoms with van der Waals surface area (Å²) in [6.45, 7) is 8.45. The van der Waals surface area contributed by atoms with Crippen molar-refractivity contribution in [2.45, 2.75) is 33.6 Å². The molecule has 4 heteroatoms. The van der Waals surface area contributed by atoms with E-state index in [0.717, 1.165) is 36.5 Å². The van der Waals surface area contributed by atoms with Crippen LogP contribution in [0.25, 0.3) is 0 Å². The molecule has 2 aromatic rings. The molecule has 1 aliphatic heterocycles. The van der Waals surface area contributed by atoms with Crippen molar-refractivity contribution in [2.24, 2.45) is 0 Å². The molecule has 1 aliphatic rings. The third-order valence-electron chi connectivity index (χ3n) is 4.34. The van der Waals surface area contributed by atoms with E-state index >= 15 is 0 Å². The zero-order valence-electron chi connectivity index (χ0n) is 13.4. The zero-order chi connectivity index (χ0) is 15.7. The maximum atomic E-state index is 12.4. The molecular formula is C18H22N2OS. The first kappa shape index (κ1) is 15.1. The van der Waals surface area contributed by atoms with Crippen LogP contribution < -0.4 is 10.2 Å².